The van der Waals surface area contributed by atoms with Crippen LogP contribution in [-0.2, 0) is 0 Å². The van der Waals surface area contributed by atoms with Crippen LogP contribution in [0.4, 0.5) is 0 Å². The van der Waals surface area contributed by atoms with Crippen LogP contribution in [0.1, 0.15) is 26.7 Å². The molecule has 0 amide bonds. The molecule has 50 valence electrons. The number of hydrogen-bond acceptors (Lipinski definition) is 0. The summed E-state index contributed by atoms with van der Waals surface area (Å²) in [5.74, 6) is 1.75. The fraction of sp³-hybridized carbons (Fsp3) is 0.778. The van der Waals surface area contributed by atoms with Crippen molar-refractivity contribution in [1.82, 2.24) is 0 Å². The molecule has 0 aliphatic heterocycles. The average Bonchev–Trinajstić information content (AvgIpc) is 2.65. The Bertz CT molecular complexity index is 163. The van der Waals surface area contributed by atoms with Gasteiger partial charge in [0.15, 0.2) is 0 Å². The summed E-state index contributed by atoms with van der Waals surface area (Å²) in [5.41, 5.74) is 2.20. The zero-order chi connectivity index (χ0) is 6.65. The van der Waals surface area contributed by atoms with Crippen LogP contribution in [0.2, 0.25) is 0 Å². The smallest absolute Gasteiger partial charge is 0.00562 e. The summed E-state index contributed by atoms with van der Waals surface area (Å²) < 4.78 is 0. The maximum absolute atomic E-state index is 4.11. The molecule has 1 spiro atoms. The summed E-state index contributed by atoms with van der Waals surface area (Å²) in [5, 5.41) is 0. The number of hydrogen-bond donors (Lipinski definition) is 0. The van der Waals surface area contributed by atoms with Gasteiger partial charge in [0.05, 0.1) is 0 Å². The minimum atomic E-state index is 0.666. The van der Waals surface area contributed by atoms with Gasteiger partial charge in [0.1, 0.15) is 0 Å². The molecule has 0 bridgehead atoms. The SMILES string of the molecule is C=C1C(C)C(C)C12CC2. The zero-order valence-corrected chi connectivity index (χ0v) is 6.28. The van der Waals surface area contributed by atoms with Gasteiger partial charge in [-0.3, -0.25) is 0 Å². The van der Waals surface area contributed by atoms with E-state index < -0.39 is 0 Å². The van der Waals surface area contributed by atoms with Crippen molar-refractivity contribution >= 4 is 0 Å². The van der Waals surface area contributed by atoms with Crippen molar-refractivity contribution < 1.29 is 0 Å². The monoisotopic (exact) mass is 122 g/mol. The Kier molecular flexibility index (Phi) is 0.769. The normalized spacial score (nSPS) is 44.9. The highest BCUT2D eigenvalue weighted by molar-refractivity contribution is 5.32. The van der Waals surface area contributed by atoms with Crippen LogP contribution >= 0.6 is 0 Å². The molecule has 0 aromatic heterocycles. The van der Waals surface area contributed by atoms with Crippen LogP contribution in [0.3, 0.4) is 0 Å². The molecule has 2 unspecified atom stereocenters. The van der Waals surface area contributed by atoms with Crippen LogP contribution in [0, 0.1) is 17.3 Å². The first kappa shape index (κ1) is 5.52. The molecule has 0 aromatic carbocycles. The van der Waals surface area contributed by atoms with Gasteiger partial charge in [0.2, 0.25) is 0 Å². The van der Waals surface area contributed by atoms with E-state index in [1.165, 1.54) is 18.4 Å². The van der Waals surface area contributed by atoms with E-state index in [9.17, 15) is 0 Å². The highest BCUT2D eigenvalue weighted by Gasteiger charge is 2.60. The lowest BCUT2D eigenvalue weighted by atomic mass is 9.60. The summed E-state index contributed by atoms with van der Waals surface area (Å²) in [6.07, 6.45) is 2.86. The Labute approximate surface area is 57.0 Å². The molecule has 0 heteroatoms. The van der Waals surface area contributed by atoms with Gasteiger partial charge in [-0.1, -0.05) is 26.0 Å². The van der Waals surface area contributed by atoms with Gasteiger partial charge in [-0.25, -0.2) is 0 Å². The molecule has 0 saturated heterocycles. The summed E-state index contributed by atoms with van der Waals surface area (Å²) in [4.78, 5) is 0. The van der Waals surface area contributed by atoms with Gasteiger partial charge >= 0.3 is 0 Å². The number of rotatable bonds is 0. The van der Waals surface area contributed by atoms with Crippen molar-refractivity contribution in [3.05, 3.63) is 12.2 Å². The lowest BCUT2D eigenvalue weighted by Crippen LogP contribution is -2.36. The second-order valence-electron chi connectivity index (χ2n) is 3.76. The summed E-state index contributed by atoms with van der Waals surface area (Å²) >= 11 is 0. The van der Waals surface area contributed by atoms with Crippen LogP contribution in [0.15, 0.2) is 12.2 Å². The van der Waals surface area contributed by atoms with Gasteiger partial charge < -0.3 is 0 Å². The van der Waals surface area contributed by atoms with E-state index in [-0.39, 0.29) is 0 Å². The molecule has 2 fully saturated rings. The predicted molar refractivity (Wildman–Crippen MR) is 39.1 cm³/mol. The predicted octanol–water partition coefficient (Wildman–Crippen LogP) is 2.61. The highest BCUT2D eigenvalue weighted by Crippen LogP contribution is 2.69. The van der Waals surface area contributed by atoms with E-state index in [4.69, 9.17) is 0 Å². The maximum atomic E-state index is 4.11. The van der Waals surface area contributed by atoms with Gasteiger partial charge in [0, 0.05) is 0 Å². The Hall–Kier alpha value is -0.260. The molecule has 0 aromatic rings. The van der Waals surface area contributed by atoms with E-state index in [2.05, 4.69) is 20.4 Å². The van der Waals surface area contributed by atoms with Crippen LogP contribution in [0.5, 0.6) is 0 Å². The van der Waals surface area contributed by atoms with Crippen molar-refractivity contribution in [1.29, 1.82) is 0 Å². The average molecular weight is 122 g/mol. The van der Waals surface area contributed by atoms with Crippen molar-refractivity contribution in [3.8, 4) is 0 Å². The minimum absolute atomic E-state index is 0.666. The standard InChI is InChI=1S/C9H14/c1-6-7(2)9(4-5-9)8(6)3/h6,8H,2,4-5H2,1,3H3. The summed E-state index contributed by atoms with van der Waals surface area (Å²) in [6.45, 7) is 8.78. The first-order chi connectivity index (χ1) is 4.18. The fourth-order valence-corrected chi connectivity index (χ4v) is 2.34. The van der Waals surface area contributed by atoms with Gasteiger partial charge in [-0.15, -0.1) is 0 Å². The van der Waals surface area contributed by atoms with Crippen LogP contribution in [0.25, 0.3) is 0 Å². The van der Waals surface area contributed by atoms with E-state index in [0.717, 1.165) is 11.8 Å². The first-order valence-corrected chi connectivity index (χ1v) is 3.88. The molecule has 2 aliphatic carbocycles. The Morgan fingerprint density at radius 2 is 2.00 bits per heavy atom. The molecule has 0 nitrogen and oxygen atoms in total. The topological polar surface area (TPSA) is 0 Å². The van der Waals surface area contributed by atoms with Gasteiger partial charge in [-0.2, -0.15) is 0 Å². The Morgan fingerprint density at radius 3 is 2.22 bits per heavy atom. The Morgan fingerprint density at radius 1 is 1.44 bits per heavy atom. The first-order valence-electron chi connectivity index (χ1n) is 3.88. The Balaban J connectivity index is 2.22. The van der Waals surface area contributed by atoms with Gasteiger partial charge in [0.25, 0.3) is 0 Å². The van der Waals surface area contributed by atoms with Crippen molar-refractivity contribution in [2.24, 2.45) is 17.3 Å². The fourth-order valence-electron chi connectivity index (χ4n) is 2.34. The molecule has 0 N–H and O–H groups in total. The zero-order valence-electron chi connectivity index (χ0n) is 6.28. The van der Waals surface area contributed by atoms with E-state index >= 15 is 0 Å². The lowest BCUT2D eigenvalue weighted by Gasteiger charge is -2.44. The molecule has 9 heavy (non-hydrogen) atoms. The van der Waals surface area contributed by atoms with Crippen molar-refractivity contribution in [3.63, 3.8) is 0 Å². The molecule has 2 saturated carbocycles. The molecule has 2 aliphatic rings. The molecular weight excluding hydrogens is 108 g/mol. The lowest BCUT2D eigenvalue weighted by molar-refractivity contribution is 0.185. The molecule has 0 heterocycles. The van der Waals surface area contributed by atoms with E-state index in [1.807, 2.05) is 0 Å². The maximum Gasteiger partial charge on any atom is -0.00562 e. The molecule has 0 radical (unpaired) electrons. The van der Waals surface area contributed by atoms with Crippen LogP contribution < -0.4 is 0 Å². The third kappa shape index (κ3) is 0.417. The largest absolute Gasteiger partial charge is 0.0990 e. The third-order valence-corrected chi connectivity index (χ3v) is 3.60. The molecule has 2 rings (SSSR count). The molecule has 2 atom stereocenters. The summed E-state index contributed by atoms with van der Waals surface area (Å²) in [6, 6.07) is 0. The summed E-state index contributed by atoms with van der Waals surface area (Å²) in [7, 11) is 0. The highest BCUT2D eigenvalue weighted by atomic mass is 14.6. The minimum Gasteiger partial charge on any atom is -0.0990 e. The van der Waals surface area contributed by atoms with Gasteiger partial charge in [-0.05, 0) is 30.1 Å². The quantitative estimate of drug-likeness (QED) is 0.433. The molecular formula is C9H14. The number of allylic oxidation sites excluding steroid dienone is 1. The van der Waals surface area contributed by atoms with Crippen LogP contribution in [-0.4, -0.2) is 0 Å². The van der Waals surface area contributed by atoms with E-state index in [1.54, 1.807) is 0 Å². The third-order valence-electron chi connectivity index (χ3n) is 3.60. The van der Waals surface area contributed by atoms with Crippen molar-refractivity contribution in [2.45, 2.75) is 26.7 Å². The second-order valence-corrected chi connectivity index (χ2v) is 3.76. The van der Waals surface area contributed by atoms with Crippen molar-refractivity contribution in [2.75, 3.05) is 0 Å². The second kappa shape index (κ2) is 1.25. The van der Waals surface area contributed by atoms with E-state index in [0.29, 0.717) is 5.41 Å².